The van der Waals surface area contributed by atoms with E-state index in [1.54, 1.807) is 11.8 Å². The summed E-state index contributed by atoms with van der Waals surface area (Å²) in [6.07, 6.45) is 7.16. The lowest BCUT2D eigenvalue weighted by molar-refractivity contribution is -0.138. The van der Waals surface area contributed by atoms with Crippen molar-refractivity contribution < 1.29 is 9.90 Å². The van der Waals surface area contributed by atoms with Gasteiger partial charge in [0, 0.05) is 6.04 Å². The normalized spacial score (nSPS) is 20.1. The molecule has 1 aliphatic heterocycles. The first-order chi connectivity index (χ1) is 7.24. The predicted octanol–water partition coefficient (Wildman–Crippen LogP) is 2.07. The Morgan fingerprint density at radius 3 is 2.60 bits per heavy atom. The summed E-state index contributed by atoms with van der Waals surface area (Å²) >= 11 is 1.80. The molecule has 15 heavy (non-hydrogen) atoms. The average molecular weight is 231 g/mol. The Morgan fingerprint density at radius 2 is 2.07 bits per heavy atom. The predicted molar refractivity (Wildman–Crippen MR) is 64.5 cm³/mol. The van der Waals surface area contributed by atoms with Gasteiger partial charge in [-0.05, 0) is 44.4 Å². The molecule has 1 fully saturated rings. The van der Waals surface area contributed by atoms with E-state index in [4.69, 9.17) is 5.11 Å². The molecule has 0 aliphatic carbocycles. The van der Waals surface area contributed by atoms with E-state index < -0.39 is 5.97 Å². The summed E-state index contributed by atoms with van der Waals surface area (Å²) in [5.74, 6) is 0.403. The molecule has 3 nitrogen and oxygen atoms in total. The van der Waals surface area contributed by atoms with Crippen molar-refractivity contribution in [2.75, 3.05) is 25.1 Å². The summed E-state index contributed by atoms with van der Waals surface area (Å²) in [5, 5.41) is 8.88. The van der Waals surface area contributed by atoms with Gasteiger partial charge in [0.2, 0.25) is 0 Å². The zero-order valence-corrected chi connectivity index (χ0v) is 10.3. The molecule has 0 aromatic heterocycles. The lowest BCUT2D eigenvalue weighted by Gasteiger charge is -2.33. The van der Waals surface area contributed by atoms with Gasteiger partial charge in [0.15, 0.2) is 0 Å². The van der Waals surface area contributed by atoms with Crippen LogP contribution in [0.4, 0.5) is 0 Å². The van der Waals surface area contributed by atoms with Crippen molar-refractivity contribution in [2.24, 2.45) is 0 Å². The number of carbonyl (C=O) groups is 1. The lowest BCUT2D eigenvalue weighted by atomic mass is 10.0. The van der Waals surface area contributed by atoms with Crippen LogP contribution >= 0.6 is 11.8 Å². The minimum Gasteiger partial charge on any atom is -0.481 e. The maximum atomic E-state index is 10.8. The number of rotatable bonds is 6. The van der Waals surface area contributed by atoms with E-state index in [0.717, 1.165) is 25.3 Å². The number of carboxylic acid groups (broad SMARTS) is 1. The van der Waals surface area contributed by atoms with Gasteiger partial charge < -0.3 is 5.11 Å². The van der Waals surface area contributed by atoms with Crippen LogP contribution in [-0.4, -0.2) is 47.1 Å². The molecular weight excluding hydrogens is 210 g/mol. The molecule has 0 bridgehead atoms. The number of thioether (sulfide) groups is 1. The Balaban J connectivity index is 2.41. The highest BCUT2D eigenvalue weighted by Crippen LogP contribution is 2.18. The van der Waals surface area contributed by atoms with Gasteiger partial charge in [-0.1, -0.05) is 6.42 Å². The van der Waals surface area contributed by atoms with Crippen molar-refractivity contribution in [2.45, 2.75) is 38.1 Å². The molecule has 0 aromatic rings. The zero-order chi connectivity index (χ0) is 11.1. The fraction of sp³-hybridized carbons (Fsp3) is 0.909. The Hall–Kier alpha value is -0.220. The number of carboxylic acids is 1. The van der Waals surface area contributed by atoms with Crippen molar-refractivity contribution in [3.63, 3.8) is 0 Å². The zero-order valence-electron chi connectivity index (χ0n) is 9.45. The second-order valence-corrected chi connectivity index (χ2v) is 5.12. The number of piperidine rings is 1. The summed E-state index contributed by atoms with van der Waals surface area (Å²) in [6.45, 7) is 2.18. The van der Waals surface area contributed by atoms with Gasteiger partial charge in [0.1, 0.15) is 0 Å². The third-order valence-electron chi connectivity index (χ3n) is 2.97. The van der Waals surface area contributed by atoms with Crippen LogP contribution in [0.15, 0.2) is 0 Å². The van der Waals surface area contributed by atoms with Crippen molar-refractivity contribution in [3.05, 3.63) is 0 Å². The molecule has 0 amide bonds. The van der Waals surface area contributed by atoms with Crippen LogP contribution < -0.4 is 0 Å². The molecule has 1 atom stereocenters. The fourth-order valence-electron chi connectivity index (χ4n) is 2.15. The van der Waals surface area contributed by atoms with Gasteiger partial charge in [-0.2, -0.15) is 11.8 Å². The SMILES string of the molecule is CSCCC(CC(=O)O)N1CCCCC1. The van der Waals surface area contributed by atoms with E-state index in [-0.39, 0.29) is 6.04 Å². The minimum atomic E-state index is -0.660. The molecule has 1 saturated heterocycles. The number of hydrogen-bond acceptors (Lipinski definition) is 3. The molecule has 1 rings (SSSR count). The molecule has 4 heteroatoms. The molecule has 88 valence electrons. The monoisotopic (exact) mass is 231 g/mol. The van der Waals surface area contributed by atoms with Crippen LogP contribution in [0.3, 0.4) is 0 Å². The summed E-state index contributed by atoms with van der Waals surface area (Å²) in [5.41, 5.74) is 0. The van der Waals surface area contributed by atoms with Gasteiger partial charge in [-0.15, -0.1) is 0 Å². The Bertz CT molecular complexity index is 193. The van der Waals surface area contributed by atoms with Crippen LogP contribution in [0.5, 0.6) is 0 Å². The van der Waals surface area contributed by atoms with Gasteiger partial charge in [-0.3, -0.25) is 9.69 Å². The summed E-state index contributed by atoms with van der Waals surface area (Å²) in [6, 6.07) is 0.259. The fourth-order valence-corrected chi connectivity index (χ4v) is 2.66. The summed E-state index contributed by atoms with van der Waals surface area (Å²) in [4.78, 5) is 13.2. The first kappa shape index (κ1) is 12.8. The Morgan fingerprint density at radius 1 is 1.40 bits per heavy atom. The van der Waals surface area contributed by atoms with Crippen LogP contribution in [0.25, 0.3) is 0 Å². The highest BCUT2D eigenvalue weighted by Gasteiger charge is 2.22. The highest BCUT2D eigenvalue weighted by molar-refractivity contribution is 7.98. The van der Waals surface area contributed by atoms with Gasteiger partial charge in [0.25, 0.3) is 0 Å². The van der Waals surface area contributed by atoms with Crippen molar-refractivity contribution in [3.8, 4) is 0 Å². The van der Waals surface area contributed by atoms with Crippen molar-refractivity contribution in [1.29, 1.82) is 0 Å². The molecule has 0 spiro atoms. The van der Waals surface area contributed by atoms with E-state index in [1.165, 1.54) is 19.3 Å². The Kier molecular flexibility index (Phi) is 6.10. The largest absolute Gasteiger partial charge is 0.481 e. The van der Waals surface area contributed by atoms with E-state index in [9.17, 15) is 4.79 Å². The summed E-state index contributed by atoms with van der Waals surface area (Å²) in [7, 11) is 0. The number of likely N-dealkylation sites (tertiary alicyclic amines) is 1. The second kappa shape index (κ2) is 7.12. The standard InChI is InChI=1S/C11H21NO2S/c1-15-8-5-10(9-11(13)14)12-6-3-2-4-7-12/h10H,2-9H2,1H3,(H,13,14). The van der Waals surface area contributed by atoms with Gasteiger partial charge in [0.05, 0.1) is 6.42 Å². The first-order valence-corrected chi connectivity index (χ1v) is 7.08. The molecule has 0 radical (unpaired) electrons. The Labute approximate surface area is 96.2 Å². The van der Waals surface area contributed by atoms with E-state index in [2.05, 4.69) is 11.2 Å². The minimum absolute atomic E-state index is 0.259. The topological polar surface area (TPSA) is 40.5 Å². The molecule has 1 heterocycles. The smallest absolute Gasteiger partial charge is 0.304 e. The third kappa shape index (κ3) is 4.89. The molecule has 1 aliphatic rings. The lowest BCUT2D eigenvalue weighted by Crippen LogP contribution is -2.40. The first-order valence-electron chi connectivity index (χ1n) is 5.69. The van der Waals surface area contributed by atoms with Crippen LogP contribution in [-0.2, 0) is 4.79 Å². The average Bonchev–Trinajstić information content (AvgIpc) is 2.25. The second-order valence-electron chi connectivity index (χ2n) is 4.13. The van der Waals surface area contributed by atoms with Gasteiger partial charge >= 0.3 is 5.97 Å². The molecule has 0 saturated carbocycles. The van der Waals surface area contributed by atoms with E-state index >= 15 is 0 Å². The maximum absolute atomic E-state index is 10.8. The highest BCUT2D eigenvalue weighted by atomic mass is 32.2. The number of nitrogens with zero attached hydrogens (tertiary/aromatic N) is 1. The third-order valence-corrected chi connectivity index (χ3v) is 3.62. The number of hydrogen-bond donors (Lipinski definition) is 1. The molecule has 0 aromatic carbocycles. The van der Waals surface area contributed by atoms with E-state index in [0.29, 0.717) is 6.42 Å². The van der Waals surface area contributed by atoms with Crippen LogP contribution in [0, 0.1) is 0 Å². The summed E-state index contributed by atoms with van der Waals surface area (Å²) < 4.78 is 0. The number of aliphatic carboxylic acids is 1. The van der Waals surface area contributed by atoms with E-state index in [1.807, 2.05) is 0 Å². The van der Waals surface area contributed by atoms with Crippen molar-refractivity contribution in [1.82, 2.24) is 4.90 Å². The van der Waals surface area contributed by atoms with Gasteiger partial charge in [-0.25, -0.2) is 0 Å². The van der Waals surface area contributed by atoms with Crippen LogP contribution in [0.1, 0.15) is 32.1 Å². The maximum Gasteiger partial charge on any atom is 0.304 e. The molecule has 1 unspecified atom stereocenters. The van der Waals surface area contributed by atoms with Crippen molar-refractivity contribution >= 4 is 17.7 Å². The molecule has 1 N–H and O–H groups in total. The quantitative estimate of drug-likeness (QED) is 0.759. The van der Waals surface area contributed by atoms with Crippen LogP contribution in [0.2, 0.25) is 0 Å². The molecular formula is C11H21NO2S.